The quantitative estimate of drug-likeness (QED) is 0.241. The molecule has 0 atom stereocenters. The molecule has 0 spiro atoms. The topological polar surface area (TPSA) is 123 Å². The smallest absolute Gasteiger partial charge is 0.225 e. The maximum atomic E-state index is 9.90. The fourth-order valence-electron chi connectivity index (χ4n) is 5.41. The van der Waals surface area contributed by atoms with Crippen LogP contribution in [0.5, 0.6) is 0 Å². The van der Waals surface area contributed by atoms with Crippen LogP contribution in [0.2, 0.25) is 0 Å². The summed E-state index contributed by atoms with van der Waals surface area (Å²) in [6.45, 7) is 4.55. The highest BCUT2D eigenvalue weighted by Crippen LogP contribution is 2.30. The van der Waals surface area contributed by atoms with Gasteiger partial charge in [0.15, 0.2) is 5.13 Å². The van der Waals surface area contributed by atoms with Gasteiger partial charge in [0, 0.05) is 51.3 Å². The second-order valence-corrected chi connectivity index (χ2v) is 11.5. The van der Waals surface area contributed by atoms with Gasteiger partial charge in [-0.15, -0.1) is 0 Å². The molecule has 1 aliphatic heterocycles. The second kappa shape index (κ2) is 12.4. The van der Waals surface area contributed by atoms with Gasteiger partial charge in [-0.3, -0.25) is 4.90 Å². The zero-order chi connectivity index (χ0) is 27.3. The van der Waals surface area contributed by atoms with E-state index in [4.69, 9.17) is 19.9 Å². The summed E-state index contributed by atoms with van der Waals surface area (Å²) in [4.78, 5) is 24.8. The van der Waals surface area contributed by atoms with Crippen LogP contribution in [0.3, 0.4) is 0 Å². The Balaban J connectivity index is 1.20. The minimum atomic E-state index is -0.204. The number of nitrogens with one attached hydrogen (secondary N) is 2. The average molecular weight is 561 g/mol. The summed E-state index contributed by atoms with van der Waals surface area (Å²) in [6, 6.07) is 16.6. The molecule has 11 heteroatoms. The van der Waals surface area contributed by atoms with Crippen molar-refractivity contribution in [1.82, 2.24) is 24.8 Å². The summed E-state index contributed by atoms with van der Waals surface area (Å²) in [7, 11) is 0. The van der Waals surface area contributed by atoms with Gasteiger partial charge in [0.2, 0.25) is 5.95 Å². The fraction of sp³-hybridized carbons (Fsp3) is 0.448. The molecule has 210 valence electrons. The van der Waals surface area contributed by atoms with E-state index in [2.05, 4.69) is 32.6 Å². The molecule has 2 fully saturated rings. The molecule has 0 bridgehead atoms. The number of aliphatic hydroxyl groups is 2. The van der Waals surface area contributed by atoms with Crippen LogP contribution in [0.1, 0.15) is 36.9 Å². The first-order valence-corrected chi connectivity index (χ1v) is 14.9. The van der Waals surface area contributed by atoms with Crippen molar-refractivity contribution in [2.45, 2.75) is 44.2 Å². The fourth-order valence-corrected chi connectivity index (χ4v) is 6.25. The first kappa shape index (κ1) is 26.8. The van der Waals surface area contributed by atoms with Gasteiger partial charge in [0.25, 0.3) is 0 Å². The van der Waals surface area contributed by atoms with Crippen LogP contribution in [0, 0.1) is 0 Å². The van der Waals surface area contributed by atoms with E-state index in [0.717, 1.165) is 85.4 Å². The van der Waals surface area contributed by atoms with Crippen LogP contribution in [0.15, 0.2) is 48.5 Å². The highest BCUT2D eigenvalue weighted by molar-refractivity contribution is 7.21. The Morgan fingerprint density at radius 2 is 1.70 bits per heavy atom. The number of aromatic nitrogens is 4. The van der Waals surface area contributed by atoms with Crippen molar-refractivity contribution in [2.75, 3.05) is 54.9 Å². The molecule has 0 amide bonds. The molecule has 0 unspecified atom stereocenters. The Morgan fingerprint density at radius 1 is 0.900 bits per heavy atom. The monoisotopic (exact) mass is 560 g/mol. The number of β-amino-alcohol motifs (C(OH)–C–C–N with tert-alkyl or cyclic N) is 1. The number of rotatable bonds is 9. The SMILES string of the molecule is OCCN1CCN(c2ccc3nc(Nc4cc(Cc5ccccc5)nc(N[C@H]5CC[C@H](O)CC5)n4)sc3n2)CC1. The second-order valence-electron chi connectivity index (χ2n) is 10.6. The van der Waals surface area contributed by atoms with Crippen LogP contribution in [-0.4, -0.2) is 86.5 Å². The van der Waals surface area contributed by atoms with Gasteiger partial charge in [-0.25, -0.2) is 15.0 Å². The summed E-state index contributed by atoms with van der Waals surface area (Å²) >= 11 is 1.52. The van der Waals surface area contributed by atoms with Crippen molar-refractivity contribution >= 4 is 44.4 Å². The summed E-state index contributed by atoms with van der Waals surface area (Å²) in [5.74, 6) is 2.25. The number of thiazole rings is 1. The van der Waals surface area contributed by atoms with Gasteiger partial charge in [-0.05, 0) is 43.4 Å². The minimum Gasteiger partial charge on any atom is -0.395 e. The van der Waals surface area contributed by atoms with Crippen LogP contribution < -0.4 is 15.5 Å². The number of hydrogen-bond acceptors (Lipinski definition) is 11. The van der Waals surface area contributed by atoms with Crippen molar-refractivity contribution in [2.24, 2.45) is 0 Å². The molecule has 6 rings (SSSR count). The van der Waals surface area contributed by atoms with E-state index >= 15 is 0 Å². The van der Waals surface area contributed by atoms with E-state index in [1.165, 1.54) is 16.9 Å². The molecule has 4 N–H and O–H groups in total. The normalized spacial score (nSPS) is 20.1. The number of pyridine rings is 1. The Bertz CT molecular complexity index is 1400. The average Bonchev–Trinajstić information content (AvgIpc) is 3.37. The zero-order valence-corrected chi connectivity index (χ0v) is 23.4. The molecule has 2 aliphatic rings. The number of benzene rings is 1. The number of piperazine rings is 1. The molecule has 4 aromatic rings. The van der Waals surface area contributed by atoms with Gasteiger partial charge in [0.1, 0.15) is 22.0 Å². The summed E-state index contributed by atoms with van der Waals surface area (Å²) in [5, 5.41) is 26.8. The van der Waals surface area contributed by atoms with Crippen molar-refractivity contribution in [3.63, 3.8) is 0 Å². The van der Waals surface area contributed by atoms with Crippen molar-refractivity contribution in [3.05, 3.63) is 59.8 Å². The van der Waals surface area contributed by atoms with Gasteiger partial charge >= 0.3 is 0 Å². The molecule has 4 heterocycles. The first-order chi connectivity index (χ1) is 19.6. The lowest BCUT2D eigenvalue weighted by atomic mass is 9.93. The molecule has 1 saturated carbocycles. The largest absolute Gasteiger partial charge is 0.395 e. The maximum absolute atomic E-state index is 9.90. The van der Waals surface area contributed by atoms with E-state index in [9.17, 15) is 10.2 Å². The molecule has 1 saturated heterocycles. The van der Waals surface area contributed by atoms with Gasteiger partial charge in [0.05, 0.1) is 18.4 Å². The number of fused-ring (bicyclic) bond motifs is 1. The Kier molecular flexibility index (Phi) is 8.33. The van der Waals surface area contributed by atoms with Crippen LogP contribution in [-0.2, 0) is 6.42 Å². The lowest BCUT2D eigenvalue weighted by molar-refractivity contribution is 0.126. The van der Waals surface area contributed by atoms with E-state index < -0.39 is 0 Å². The lowest BCUT2D eigenvalue weighted by Crippen LogP contribution is -2.47. The third-order valence-electron chi connectivity index (χ3n) is 7.63. The van der Waals surface area contributed by atoms with E-state index in [1.54, 1.807) is 0 Å². The predicted octanol–water partition coefficient (Wildman–Crippen LogP) is 3.65. The van der Waals surface area contributed by atoms with Crippen molar-refractivity contribution in [3.8, 4) is 0 Å². The highest BCUT2D eigenvalue weighted by atomic mass is 32.1. The molecule has 10 nitrogen and oxygen atoms in total. The Hall–Kier alpha value is -3.38. The molecule has 1 aromatic carbocycles. The van der Waals surface area contributed by atoms with Gasteiger partial charge < -0.3 is 25.7 Å². The van der Waals surface area contributed by atoms with E-state index in [1.807, 2.05) is 36.4 Å². The Morgan fingerprint density at radius 3 is 2.48 bits per heavy atom. The van der Waals surface area contributed by atoms with Crippen molar-refractivity contribution in [1.29, 1.82) is 0 Å². The maximum Gasteiger partial charge on any atom is 0.225 e. The van der Waals surface area contributed by atoms with Crippen LogP contribution >= 0.6 is 11.3 Å². The molecular weight excluding hydrogens is 524 g/mol. The molecule has 0 radical (unpaired) electrons. The first-order valence-electron chi connectivity index (χ1n) is 14.1. The van der Waals surface area contributed by atoms with Crippen LogP contribution in [0.4, 0.5) is 22.7 Å². The molecular formula is C29H36N8O2S. The molecule has 3 aromatic heterocycles. The number of hydrogen-bond donors (Lipinski definition) is 4. The highest BCUT2D eigenvalue weighted by Gasteiger charge is 2.21. The van der Waals surface area contributed by atoms with Gasteiger partial charge in [-0.1, -0.05) is 41.7 Å². The van der Waals surface area contributed by atoms with E-state index in [0.29, 0.717) is 18.2 Å². The summed E-state index contributed by atoms with van der Waals surface area (Å²) in [6.07, 6.45) is 3.89. The number of nitrogens with zero attached hydrogens (tertiary/aromatic N) is 6. The molecule has 1 aliphatic carbocycles. The minimum absolute atomic E-state index is 0.198. The van der Waals surface area contributed by atoms with Crippen LogP contribution in [0.25, 0.3) is 10.3 Å². The van der Waals surface area contributed by atoms with E-state index in [-0.39, 0.29) is 18.8 Å². The lowest BCUT2D eigenvalue weighted by Gasteiger charge is -2.35. The van der Waals surface area contributed by atoms with Gasteiger partial charge in [-0.2, -0.15) is 4.98 Å². The summed E-state index contributed by atoms with van der Waals surface area (Å²) < 4.78 is 0. The zero-order valence-electron chi connectivity index (χ0n) is 22.5. The third-order valence-corrected chi connectivity index (χ3v) is 8.51. The standard InChI is InChI=1S/C29H36N8O2S/c38-17-16-36-12-14-37(15-13-36)26-11-10-24-27(35-26)40-29(32-24)34-25-19-22(18-20-4-2-1-3-5-20)31-28(33-25)30-21-6-8-23(39)9-7-21/h1-5,10-11,19,21,23,38-39H,6-9,12-18H2,(H2,30,31,32,33,34)/t21-,23-. The predicted molar refractivity (Wildman–Crippen MR) is 160 cm³/mol. The van der Waals surface area contributed by atoms with Crippen molar-refractivity contribution < 1.29 is 10.2 Å². The molecule has 40 heavy (non-hydrogen) atoms. The summed E-state index contributed by atoms with van der Waals surface area (Å²) in [5.41, 5.74) is 2.96. The third kappa shape index (κ3) is 6.67. The number of aliphatic hydroxyl groups excluding tert-OH is 2. The Labute approximate surface area is 238 Å². The number of anilines is 4.